The van der Waals surface area contributed by atoms with Crippen molar-refractivity contribution in [2.24, 2.45) is 0 Å². The van der Waals surface area contributed by atoms with E-state index in [4.69, 9.17) is 5.11 Å². The van der Waals surface area contributed by atoms with Gasteiger partial charge in [0.2, 0.25) is 0 Å². The van der Waals surface area contributed by atoms with Crippen molar-refractivity contribution in [1.29, 1.82) is 0 Å². The Labute approximate surface area is 118 Å². The number of aromatic carboxylic acids is 1. The van der Waals surface area contributed by atoms with Crippen LogP contribution in [-0.4, -0.2) is 17.1 Å². The molecular formula is C13H11FN2O3S. The molecule has 7 heteroatoms. The summed E-state index contributed by atoms with van der Waals surface area (Å²) in [5.41, 5.74) is 0.779. The minimum absolute atomic E-state index is 0.0141. The van der Waals surface area contributed by atoms with E-state index in [0.717, 1.165) is 11.3 Å². The van der Waals surface area contributed by atoms with E-state index < -0.39 is 17.8 Å². The first-order valence-corrected chi connectivity index (χ1v) is 6.50. The Kier molecular flexibility index (Phi) is 3.99. The highest BCUT2D eigenvalue weighted by molar-refractivity contribution is 7.14. The fraction of sp³-hybridized carbons (Fsp3) is 0.0769. The van der Waals surface area contributed by atoms with Crippen molar-refractivity contribution < 1.29 is 19.1 Å². The van der Waals surface area contributed by atoms with Gasteiger partial charge in [-0.2, -0.15) is 0 Å². The molecule has 0 saturated carbocycles. The fourth-order valence-electron chi connectivity index (χ4n) is 1.51. The third-order valence-corrected chi connectivity index (χ3v) is 3.38. The number of rotatable bonds is 3. The first-order valence-electron chi connectivity index (χ1n) is 5.62. The molecule has 20 heavy (non-hydrogen) atoms. The summed E-state index contributed by atoms with van der Waals surface area (Å²) in [5, 5.41) is 15.6. The normalized spacial score (nSPS) is 10.1. The number of carboxylic acids is 1. The number of nitrogens with one attached hydrogen (secondary N) is 2. The van der Waals surface area contributed by atoms with Gasteiger partial charge in [0.25, 0.3) is 0 Å². The first kappa shape index (κ1) is 14.0. The lowest BCUT2D eigenvalue weighted by molar-refractivity contribution is 0.0698. The zero-order valence-corrected chi connectivity index (χ0v) is 11.3. The molecule has 1 aromatic heterocycles. The van der Waals surface area contributed by atoms with Gasteiger partial charge in [-0.25, -0.2) is 14.0 Å². The molecule has 0 fully saturated rings. The highest BCUT2D eigenvalue weighted by atomic mass is 32.1. The van der Waals surface area contributed by atoms with E-state index in [1.807, 2.05) is 0 Å². The van der Waals surface area contributed by atoms with Crippen molar-refractivity contribution in [3.63, 3.8) is 0 Å². The van der Waals surface area contributed by atoms with Crippen LogP contribution in [0.3, 0.4) is 0 Å². The lowest BCUT2D eigenvalue weighted by atomic mass is 10.2. The summed E-state index contributed by atoms with van der Waals surface area (Å²) in [4.78, 5) is 22.6. The van der Waals surface area contributed by atoms with Crippen LogP contribution in [0.25, 0.3) is 0 Å². The summed E-state index contributed by atoms with van der Waals surface area (Å²) >= 11 is 1.10. The predicted octanol–water partition coefficient (Wildman–Crippen LogP) is 3.54. The van der Waals surface area contributed by atoms with Crippen molar-refractivity contribution in [3.05, 3.63) is 46.6 Å². The SMILES string of the molecule is Cc1ccc(NC(=O)Nc2sccc2C(=O)O)cc1F. The first-order chi connectivity index (χ1) is 9.47. The Hall–Kier alpha value is -2.41. The highest BCUT2D eigenvalue weighted by Gasteiger charge is 2.14. The molecule has 0 aliphatic rings. The van der Waals surface area contributed by atoms with E-state index >= 15 is 0 Å². The number of urea groups is 1. The maximum Gasteiger partial charge on any atom is 0.338 e. The van der Waals surface area contributed by atoms with E-state index in [2.05, 4.69) is 10.6 Å². The lowest BCUT2D eigenvalue weighted by Gasteiger charge is -2.07. The van der Waals surface area contributed by atoms with Gasteiger partial charge in [0.1, 0.15) is 10.8 Å². The molecule has 0 bridgehead atoms. The van der Waals surface area contributed by atoms with Crippen molar-refractivity contribution >= 4 is 34.0 Å². The Morgan fingerprint density at radius 1 is 1.25 bits per heavy atom. The van der Waals surface area contributed by atoms with Gasteiger partial charge in [0.15, 0.2) is 0 Å². The molecule has 0 atom stereocenters. The molecule has 2 aromatic rings. The second-order valence-corrected chi connectivity index (χ2v) is 4.93. The number of amides is 2. The van der Waals surface area contributed by atoms with Crippen molar-refractivity contribution in [2.45, 2.75) is 6.92 Å². The zero-order valence-electron chi connectivity index (χ0n) is 10.4. The Balaban J connectivity index is 2.07. The number of hydrogen-bond acceptors (Lipinski definition) is 3. The van der Waals surface area contributed by atoms with Gasteiger partial charge in [0, 0.05) is 5.69 Å². The molecule has 2 rings (SSSR count). The second kappa shape index (κ2) is 5.70. The molecule has 3 N–H and O–H groups in total. The fourth-order valence-corrected chi connectivity index (χ4v) is 2.28. The minimum atomic E-state index is -1.12. The number of thiophene rings is 1. The maximum absolute atomic E-state index is 13.3. The van der Waals surface area contributed by atoms with Crippen molar-refractivity contribution in [1.82, 2.24) is 0 Å². The number of benzene rings is 1. The van der Waals surface area contributed by atoms with Crippen LogP contribution in [0.1, 0.15) is 15.9 Å². The van der Waals surface area contributed by atoms with Crippen LogP contribution in [0.2, 0.25) is 0 Å². The molecular weight excluding hydrogens is 283 g/mol. The molecule has 0 saturated heterocycles. The quantitative estimate of drug-likeness (QED) is 0.810. The zero-order chi connectivity index (χ0) is 14.7. The van der Waals surface area contributed by atoms with Crippen LogP contribution in [0.15, 0.2) is 29.6 Å². The third kappa shape index (κ3) is 3.12. The van der Waals surface area contributed by atoms with E-state index in [1.54, 1.807) is 24.4 Å². The Bertz CT molecular complexity index is 669. The van der Waals surface area contributed by atoms with Gasteiger partial charge in [-0.15, -0.1) is 11.3 Å². The Morgan fingerprint density at radius 3 is 2.65 bits per heavy atom. The van der Waals surface area contributed by atoms with Gasteiger partial charge < -0.3 is 10.4 Å². The molecule has 0 spiro atoms. The van der Waals surface area contributed by atoms with Crippen LogP contribution in [0.4, 0.5) is 19.9 Å². The number of carbonyl (C=O) groups is 2. The van der Waals surface area contributed by atoms with Crippen molar-refractivity contribution in [3.8, 4) is 0 Å². The molecule has 0 aliphatic heterocycles. The number of carbonyl (C=O) groups excluding carboxylic acids is 1. The van der Waals surface area contributed by atoms with E-state index in [-0.39, 0.29) is 10.6 Å². The topological polar surface area (TPSA) is 78.4 Å². The highest BCUT2D eigenvalue weighted by Crippen LogP contribution is 2.23. The molecule has 0 unspecified atom stereocenters. The molecule has 5 nitrogen and oxygen atoms in total. The number of carboxylic acid groups (broad SMARTS) is 1. The molecule has 1 heterocycles. The van der Waals surface area contributed by atoms with Gasteiger partial charge in [-0.05, 0) is 36.1 Å². The third-order valence-electron chi connectivity index (χ3n) is 2.55. The van der Waals surface area contributed by atoms with Gasteiger partial charge in [-0.1, -0.05) is 6.07 Å². The minimum Gasteiger partial charge on any atom is -0.478 e. The summed E-state index contributed by atoms with van der Waals surface area (Å²) in [6, 6.07) is 5.07. The number of hydrogen-bond donors (Lipinski definition) is 3. The summed E-state index contributed by atoms with van der Waals surface area (Å²) in [6.07, 6.45) is 0. The van der Waals surface area contributed by atoms with Crippen molar-refractivity contribution in [2.75, 3.05) is 10.6 Å². The second-order valence-electron chi connectivity index (χ2n) is 4.01. The monoisotopic (exact) mass is 294 g/mol. The molecule has 2 amide bonds. The van der Waals surface area contributed by atoms with Gasteiger partial charge in [0.05, 0.1) is 5.56 Å². The number of aryl methyl sites for hydroxylation is 1. The van der Waals surface area contributed by atoms with Crippen LogP contribution in [0, 0.1) is 12.7 Å². The molecule has 104 valence electrons. The molecule has 0 aliphatic carbocycles. The summed E-state index contributed by atoms with van der Waals surface area (Å²) in [5.74, 6) is -1.55. The van der Waals surface area contributed by atoms with E-state index in [0.29, 0.717) is 11.3 Å². The van der Waals surface area contributed by atoms with Crippen LogP contribution in [-0.2, 0) is 0 Å². The smallest absolute Gasteiger partial charge is 0.338 e. The molecule has 0 radical (unpaired) electrons. The number of anilines is 2. The summed E-state index contributed by atoms with van der Waals surface area (Å²) in [7, 11) is 0. The van der Waals surface area contributed by atoms with E-state index in [9.17, 15) is 14.0 Å². The standard InChI is InChI=1S/C13H11FN2O3S/c1-7-2-3-8(6-10(7)14)15-13(19)16-11-9(12(17)18)4-5-20-11/h2-6H,1H3,(H,17,18)(H2,15,16,19). The number of halogens is 1. The largest absolute Gasteiger partial charge is 0.478 e. The predicted molar refractivity (Wildman–Crippen MR) is 75.1 cm³/mol. The van der Waals surface area contributed by atoms with Gasteiger partial charge in [-0.3, -0.25) is 5.32 Å². The average molecular weight is 294 g/mol. The van der Waals surface area contributed by atoms with Crippen LogP contribution >= 0.6 is 11.3 Å². The summed E-state index contributed by atoms with van der Waals surface area (Å²) < 4.78 is 13.3. The van der Waals surface area contributed by atoms with E-state index in [1.165, 1.54) is 12.1 Å². The van der Waals surface area contributed by atoms with Gasteiger partial charge >= 0.3 is 12.0 Å². The van der Waals surface area contributed by atoms with Crippen LogP contribution < -0.4 is 10.6 Å². The maximum atomic E-state index is 13.3. The lowest BCUT2D eigenvalue weighted by Crippen LogP contribution is -2.20. The Morgan fingerprint density at radius 2 is 2.00 bits per heavy atom. The molecule has 1 aromatic carbocycles. The average Bonchev–Trinajstić information content (AvgIpc) is 2.82. The van der Waals surface area contributed by atoms with Crippen LogP contribution in [0.5, 0.6) is 0 Å². The summed E-state index contributed by atoms with van der Waals surface area (Å²) in [6.45, 7) is 1.62.